The smallest absolute Gasteiger partial charge is 0.251 e. The van der Waals surface area contributed by atoms with Gasteiger partial charge in [-0.25, -0.2) is 13.7 Å². The van der Waals surface area contributed by atoms with Gasteiger partial charge in [-0.1, -0.05) is 176 Å². The molecule has 0 bridgehead atoms. The number of pyridine rings is 6. The number of fused-ring (bicyclic) bond motifs is 24. The van der Waals surface area contributed by atoms with Crippen molar-refractivity contribution < 1.29 is 13.5 Å². The highest BCUT2D eigenvalue weighted by Gasteiger charge is 2.34. The second-order valence-corrected chi connectivity index (χ2v) is 33.7. The van der Waals surface area contributed by atoms with Gasteiger partial charge < -0.3 is 0 Å². The van der Waals surface area contributed by atoms with E-state index in [1.54, 1.807) is 0 Å². The highest BCUT2D eigenvalue weighted by Crippen LogP contribution is 2.45. The van der Waals surface area contributed by atoms with E-state index in [0.29, 0.717) is 35.5 Å². The molecule has 105 heavy (non-hydrogen) atoms. The van der Waals surface area contributed by atoms with Gasteiger partial charge in [0.15, 0.2) is 33.1 Å². The SMILES string of the molecule is Cc1cc(C2CCCCC2)nc2c3ccccc3[n+]3c4ccc(C5CCCCC5)cc4n(C)c3c12.Cc1cc(C2CCCCC2)nc2c3ccccc3n3c4c(C5CCCCC5)cccc4[n+](C)c3c12.Cc1cc(C2CCCCC2)nc2c3ccccc3n3c4cc(C5CCCCC5)ccc4[n+](C)c3c12. The molecule has 6 aromatic carbocycles. The summed E-state index contributed by atoms with van der Waals surface area (Å²) < 4.78 is 14.9. The van der Waals surface area contributed by atoms with Crippen molar-refractivity contribution in [1.29, 1.82) is 0 Å². The molecule has 15 aromatic rings. The Hall–Kier alpha value is -8.82. The van der Waals surface area contributed by atoms with Crippen LogP contribution in [0.3, 0.4) is 0 Å². The Kier molecular flexibility index (Phi) is 17.7. The molecular formula is C96H108N9+3. The summed E-state index contributed by atoms with van der Waals surface area (Å²) in [6.07, 6.45) is 40.2. The second-order valence-electron chi connectivity index (χ2n) is 33.7. The number of aryl methyl sites for hydroxylation is 6. The third kappa shape index (κ3) is 11.5. The summed E-state index contributed by atoms with van der Waals surface area (Å²) in [6.45, 7) is 6.91. The lowest BCUT2D eigenvalue weighted by molar-refractivity contribution is -0.617. The standard InChI is InChI=1S/3C32H36N3/c1-21-20-26(23-14-7-4-8-15-23)33-30-25-16-9-10-18-27(25)35-31-24(22-12-5-3-6-13-22)17-11-19-28(31)34(2)32(35)29(21)30;1-21-19-26(23-13-7-4-8-14-23)33-31-25-15-9-10-16-27(25)35-28-18-17-24(22-11-5-3-6-12-22)20-29(28)34(2)32(35)30(21)31;1-21-19-26(23-13-7-4-8-14-23)33-31-25-15-9-10-16-27(25)35-29-20-24(22-11-5-3-6-12-22)17-18-28(29)34(2)32(35)30(21)31/h9-11,16-20,22-23H,3-8,12-15H2,1-2H3;2*9-10,15-20,22-23H,3-8,11-14H2,1-2H3/q3*+1. The van der Waals surface area contributed by atoms with Crippen LogP contribution in [0.25, 0.3) is 115 Å². The highest BCUT2D eigenvalue weighted by atomic mass is 15.1. The van der Waals surface area contributed by atoms with Crippen LogP contribution in [0.5, 0.6) is 0 Å². The van der Waals surface area contributed by atoms with Gasteiger partial charge in [0.25, 0.3) is 16.9 Å². The number of para-hydroxylation sites is 4. The number of hydrogen-bond donors (Lipinski definition) is 0. The quantitative estimate of drug-likeness (QED) is 0.123. The molecule has 6 aliphatic carbocycles. The van der Waals surface area contributed by atoms with Crippen molar-refractivity contribution in [3.8, 4) is 0 Å². The Morgan fingerprint density at radius 2 is 0.695 bits per heavy atom. The summed E-state index contributed by atoms with van der Waals surface area (Å²) >= 11 is 0. The molecule has 0 atom stereocenters. The molecule has 9 aromatic heterocycles. The van der Waals surface area contributed by atoms with Gasteiger partial charge in [0.2, 0.25) is 0 Å². The van der Waals surface area contributed by atoms with E-state index in [9.17, 15) is 0 Å². The fraction of sp³-hybridized carbons (Fsp3) is 0.438. The Labute approximate surface area is 619 Å². The minimum atomic E-state index is 0.611. The van der Waals surface area contributed by atoms with Crippen LogP contribution in [0, 0.1) is 20.8 Å². The highest BCUT2D eigenvalue weighted by molar-refractivity contribution is 6.14. The number of nitrogens with zero attached hydrogens (tertiary/aromatic N) is 9. The van der Waals surface area contributed by atoms with Gasteiger partial charge >= 0.3 is 0 Å². The van der Waals surface area contributed by atoms with Gasteiger partial charge in [0, 0.05) is 56.6 Å². The number of benzene rings is 6. The second kappa shape index (κ2) is 27.8. The van der Waals surface area contributed by atoms with Crippen molar-refractivity contribution in [3.05, 3.63) is 196 Å². The van der Waals surface area contributed by atoms with E-state index in [1.807, 2.05) is 0 Å². The van der Waals surface area contributed by atoms with Crippen LogP contribution in [-0.4, -0.2) is 28.3 Å². The minimum absolute atomic E-state index is 0.611. The summed E-state index contributed by atoms with van der Waals surface area (Å²) in [5, 5.41) is 7.76. The molecule has 0 saturated heterocycles. The molecule has 9 nitrogen and oxygen atoms in total. The fourth-order valence-electron chi connectivity index (χ4n) is 21.8. The maximum absolute atomic E-state index is 5.43. The zero-order valence-corrected chi connectivity index (χ0v) is 63.6. The molecule has 0 unspecified atom stereocenters. The van der Waals surface area contributed by atoms with Crippen LogP contribution in [0.1, 0.15) is 279 Å². The lowest BCUT2D eigenvalue weighted by atomic mass is 9.83. The predicted octanol–water partition coefficient (Wildman–Crippen LogP) is 24.1. The van der Waals surface area contributed by atoms with Crippen molar-refractivity contribution in [1.82, 2.24) is 28.3 Å². The molecule has 534 valence electrons. The van der Waals surface area contributed by atoms with Crippen molar-refractivity contribution in [2.75, 3.05) is 0 Å². The lowest BCUT2D eigenvalue weighted by Gasteiger charge is -2.22. The average molecular weight is 1390 g/mol. The van der Waals surface area contributed by atoms with Gasteiger partial charge in [-0.2, -0.15) is 13.2 Å². The number of rotatable bonds is 6. The molecule has 0 radical (unpaired) electrons. The first-order chi connectivity index (χ1) is 51.6. The normalized spacial score (nSPS) is 18.3. The van der Waals surface area contributed by atoms with Gasteiger partial charge in [-0.3, -0.25) is 15.0 Å². The van der Waals surface area contributed by atoms with E-state index in [0.717, 1.165) is 0 Å². The summed E-state index contributed by atoms with van der Waals surface area (Å²) in [4.78, 5) is 16.3. The summed E-state index contributed by atoms with van der Waals surface area (Å²) in [7, 11) is 6.75. The van der Waals surface area contributed by atoms with E-state index in [2.05, 4.69) is 214 Å². The molecule has 6 fully saturated rings. The zero-order chi connectivity index (χ0) is 70.6. The summed E-state index contributed by atoms with van der Waals surface area (Å²) in [5.41, 5.74) is 31.8. The van der Waals surface area contributed by atoms with E-state index in [4.69, 9.17) is 15.0 Å². The lowest BCUT2D eigenvalue weighted by Crippen LogP contribution is -2.27. The van der Waals surface area contributed by atoms with Gasteiger partial charge in [0.05, 0.1) is 53.9 Å². The molecule has 0 N–H and O–H groups in total. The maximum Gasteiger partial charge on any atom is 0.297 e. The van der Waals surface area contributed by atoms with E-state index in [1.165, 1.54) is 359 Å². The first-order valence-corrected chi connectivity index (χ1v) is 41.6. The first-order valence-electron chi connectivity index (χ1n) is 41.6. The van der Waals surface area contributed by atoms with Crippen LogP contribution < -0.4 is 13.5 Å². The van der Waals surface area contributed by atoms with Crippen molar-refractivity contribution in [2.45, 2.75) is 249 Å². The average Bonchev–Trinajstić information content (AvgIpc) is 1.21. The Morgan fingerprint density at radius 3 is 1.20 bits per heavy atom. The van der Waals surface area contributed by atoms with Crippen molar-refractivity contribution in [3.63, 3.8) is 0 Å². The molecule has 9 heterocycles. The summed E-state index contributed by atoms with van der Waals surface area (Å²) in [6, 6.07) is 55.6. The first kappa shape index (κ1) is 66.8. The largest absolute Gasteiger partial charge is 0.297 e. The molecular weight excluding hydrogens is 1280 g/mol. The maximum atomic E-state index is 5.43. The molecule has 0 spiro atoms. The molecule has 9 heteroatoms. The van der Waals surface area contributed by atoms with Gasteiger partial charge in [-0.05, 0) is 228 Å². The van der Waals surface area contributed by atoms with Crippen LogP contribution in [0.2, 0.25) is 0 Å². The monoisotopic (exact) mass is 1390 g/mol. The fourth-order valence-corrected chi connectivity index (χ4v) is 21.8. The van der Waals surface area contributed by atoms with Crippen molar-refractivity contribution in [2.24, 2.45) is 21.1 Å². The van der Waals surface area contributed by atoms with Crippen LogP contribution in [0.4, 0.5) is 0 Å². The van der Waals surface area contributed by atoms with E-state index >= 15 is 0 Å². The van der Waals surface area contributed by atoms with Gasteiger partial charge in [0.1, 0.15) is 16.6 Å². The number of imidazole rings is 3. The van der Waals surface area contributed by atoms with Crippen LogP contribution in [-0.2, 0) is 21.1 Å². The Morgan fingerprint density at radius 1 is 0.314 bits per heavy atom. The molecule has 0 amide bonds. The third-order valence-electron chi connectivity index (χ3n) is 27.3. The molecule has 6 saturated carbocycles. The molecule has 21 rings (SSSR count). The van der Waals surface area contributed by atoms with E-state index < -0.39 is 0 Å². The molecule has 6 aliphatic rings. The van der Waals surface area contributed by atoms with Crippen LogP contribution >= 0.6 is 0 Å². The topological polar surface area (TPSA) is 64.3 Å². The van der Waals surface area contributed by atoms with Crippen molar-refractivity contribution >= 4 is 115 Å². The number of hydrogen-bond acceptors (Lipinski definition) is 3. The molecule has 0 aliphatic heterocycles. The minimum Gasteiger partial charge on any atom is -0.251 e. The van der Waals surface area contributed by atoms with Gasteiger partial charge in [-0.15, -0.1) is 0 Å². The Bertz CT molecular complexity index is 5810. The zero-order valence-electron chi connectivity index (χ0n) is 63.6. The van der Waals surface area contributed by atoms with E-state index in [-0.39, 0.29) is 0 Å². The number of aromatic nitrogens is 9. The third-order valence-corrected chi connectivity index (χ3v) is 27.3. The summed E-state index contributed by atoms with van der Waals surface area (Å²) in [5.74, 6) is 3.91. The Balaban J connectivity index is 0.000000108. The predicted molar refractivity (Wildman–Crippen MR) is 436 cm³/mol. The van der Waals surface area contributed by atoms with Crippen LogP contribution in [0.15, 0.2) is 146 Å².